The minimum absolute atomic E-state index is 0.0186. The quantitative estimate of drug-likeness (QED) is 0.156. The van der Waals surface area contributed by atoms with Crippen LogP contribution >= 0.6 is 15.9 Å². The Morgan fingerprint density at radius 1 is 1.05 bits per heavy atom. The number of esters is 1. The van der Waals surface area contributed by atoms with Crippen LogP contribution in [0.1, 0.15) is 34.0 Å². The smallest absolute Gasteiger partial charge is 0.338 e. The average molecular weight is 643 g/mol. The number of anilines is 2. The summed E-state index contributed by atoms with van der Waals surface area (Å²) in [5.74, 6) is -1.66. The molecule has 0 radical (unpaired) electrons. The topological polar surface area (TPSA) is 122 Å². The monoisotopic (exact) mass is 641 g/mol. The van der Waals surface area contributed by atoms with Gasteiger partial charge in [0.25, 0.3) is 15.9 Å². The molecule has 0 aliphatic carbocycles. The number of halogens is 1. The van der Waals surface area contributed by atoms with Gasteiger partial charge in [0.15, 0.2) is 0 Å². The lowest BCUT2D eigenvalue weighted by atomic mass is 9.96. The van der Waals surface area contributed by atoms with Gasteiger partial charge in [0.1, 0.15) is 0 Å². The highest BCUT2D eigenvalue weighted by Gasteiger charge is 2.39. The fourth-order valence-electron chi connectivity index (χ4n) is 4.42. The zero-order valence-corrected chi connectivity index (χ0v) is 25.2. The predicted octanol–water partition coefficient (Wildman–Crippen LogP) is 4.60. The normalized spacial score (nSPS) is 14.2. The van der Waals surface area contributed by atoms with Crippen molar-refractivity contribution in [2.45, 2.75) is 18.7 Å². The Balaban J connectivity index is 1.85. The molecule has 0 fully saturated rings. The number of hydroxylamine groups is 1. The van der Waals surface area contributed by atoms with E-state index < -0.39 is 27.8 Å². The van der Waals surface area contributed by atoms with Crippen LogP contribution in [0.4, 0.5) is 11.4 Å². The van der Waals surface area contributed by atoms with Gasteiger partial charge in [-0.3, -0.25) is 14.4 Å². The van der Waals surface area contributed by atoms with Crippen LogP contribution in [0.2, 0.25) is 0 Å². The summed E-state index contributed by atoms with van der Waals surface area (Å²) in [4.78, 5) is 45.1. The van der Waals surface area contributed by atoms with Crippen LogP contribution in [0.15, 0.2) is 71.6 Å². The van der Waals surface area contributed by atoms with Crippen LogP contribution in [0.3, 0.4) is 0 Å². The Hall–Kier alpha value is -3.84. The fraction of sp³-hybridized carbons (Fsp3) is 0.207. The molecule has 214 valence electrons. The van der Waals surface area contributed by atoms with Crippen LogP contribution in [0.5, 0.6) is 0 Å². The molecule has 1 N–H and O–H groups in total. The van der Waals surface area contributed by atoms with Gasteiger partial charge in [-0.15, -0.1) is 0 Å². The molecule has 0 aromatic heterocycles. The maximum absolute atomic E-state index is 13.8. The van der Waals surface area contributed by atoms with E-state index in [0.717, 1.165) is 9.37 Å². The van der Waals surface area contributed by atoms with Gasteiger partial charge in [-0.25, -0.2) is 18.1 Å². The Morgan fingerprint density at radius 2 is 1.71 bits per heavy atom. The number of fused-ring (bicyclic) bond motifs is 1. The van der Waals surface area contributed by atoms with Crippen molar-refractivity contribution in [3.8, 4) is 0 Å². The molecule has 1 aliphatic heterocycles. The lowest BCUT2D eigenvalue weighted by molar-refractivity contribution is -0.122. The minimum Gasteiger partial charge on any atom is -0.465 e. The molecule has 0 spiro atoms. The van der Waals surface area contributed by atoms with Crippen LogP contribution in [0, 0.1) is 6.92 Å². The largest absolute Gasteiger partial charge is 0.465 e. The second kappa shape index (κ2) is 12.4. The molecule has 0 saturated carbocycles. The Morgan fingerprint density at radius 3 is 2.29 bits per heavy atom. The molecule has 3 aromatic carbocycles. The van der Waals surface area contributed by atoms with E-state index in [0.29, 0.717) is 33.4 Å². The third-order valence-corrected chi connectivity index (χ3v) is 8.39. The Kier molecular flexibility index (Phi) is 9.08. The standard InChI is InChI=1S/C29H28BrN3O7S/c1-18-16-24-25(17-23(18)29(36)39-4)33(19(2)34)28(35)26(24)27(20-8-6-5-7-9-20)31-21-10-12-22(13-11-21)41(37,38)32(3)40-15-14-30/h5-13,16-17,31H,14-15H2,1-4H3/b27-26-. The van der Waals surface area contributed by atoms with Crippen molar-refractivity contribution in [2.75, 3.05) is 36.3 Å². The van der Waals surface area contributed by atoms with Crippen molar-refractivity contribution in [1.29, 1.82) is 0 Å². The van der Waals surface area contributed by atoms with Crippen LogP contribution in [-0.2, 0) is 29.2 Å². The van der Waals surface area contributed by atoms with Gasteiger partial charge in [-0.1, -0.05) is 50.7 Å². The molecule has 1 aliphatic rings. The van der Waals surface area contributed by atoms with Crippen LogP contribution < -0.4 is 10.2 Å². The Labute approximate surface area is 246 Å². The summed E-state index contributed by atoms with van der Waals surface area (Å²) in [5, 5.41) is 3.73. The van der Waals surface area contributed by atoms with Gasteiger partial charge >= 0.3 is 5.97 Å². The number of nitrogens with one attached hydrogen (secondary N) is 1. The molecular weight excluding hydrogens is 614 g/mol. The maximum atomic E-state index is 13.8. The molecule has 0 atom stereocenters. The summed E-state index contributed by atoms with van der Waals surface area (Å²) < 4.78 is 31.4. The maximum Gasteiger partial charge on any atom is 0.338 e. The summed E-state index contributed by atoms with van der Waals surface area (Å²) in [6.45, 7) is 3.17. The molecule has 4 rings (SSSR count). The number of rotatable bonds is 9. The molecule has 3 aromatic rings. The van der Waals surface area contributed by atoms with Crippen LogP contribution in [-0.4, -0.2) is 56.8 Å². The van der Waals surface area contributed by atoms with E-state index in [4.69, 9.17) is 9.57 Å². The van der Waals surface area contributed by atoms with Crippen molar-refractivity contribution in [2.24, 2.45) is 0 Å². The van der Waals surface area contributed by atoms with Gasteiger partial charge in [0.05, 0.1) is 41.1 Å². The highest BCUT2D eigenvalue weighted by molar-refractivity contribution is 9.09. The van der Waals surface area contributed by atoms with Crippen molar-refractivity contribution in [3.05, 3.63) is 89.0 Å². The predicted molar refractivity (Wildman–Crippen MR) is 159 cm³/mol. The summed E-state index contributed by atoms with van der Waals surface area (Å²) in [6, 6.07) is 18.2. The minimum atomic E-state index is -3.89. The number of carbonyl (C=O) groups excluding carboxylic acids is 3. The number of ether oxygens (including phenoxy) is 1. The number of carbonyl (C=O) groups is 3. The lowest BCUT2D eigenvalue weighted by Gasteiger charge is -2.18. The fourth-order valence-corrected chi connectivity index (χ4v) is 5.56. The average Bonchev–Trinajstić information content (AvgIpc) is 3.24. The molecule has 41 heavy (non-hydrogen) atoms. The molecule has 2 amide bonds. The first kappa shape index (κ1) is 30.1. The summed E-state index contributed by atoms with van der Waals surface area (Å²) >= 11 is 3.20. The van der Waals surface area contributed by atoms with Gasteiger partial charge < -0.3 is 10.1 Å². The first-order valence-corrected chi connectivity index (χ1v) is 15.0. The second-order valence-electron chi connectivity index (χ2n) is 9.04. The van der Waals surface area contributed by atoms with Gasteiger partial charge in [-0.05, 0) is 54.4 Å². The van der Waals surface area contributed by atoms with Crippen molar-refractivity contribution in [3.63, 3.8) is 0 Å². The first-order chi connectivity index (χ1) is 19.5. The van der Waals surface area contributed by atoms with E-state index in [-0.39, 0.29) is 28.3 Å². The third-order valence-electron chi connectivity index (χ3n) is 6.41. The summed E-state index contributed by atoms with van der Waals surface area (Å²) in [5.41, 5.74) is 3.32. The molecule has 0 unspecified atom stereocenters. The molecule has 12 heteroatoms. The number of aryl methyl sites for hydroxylation is 1. The van der Waals surface area contributed by atoms with Crippen molar-refractivity contribution < 1.29 is 32.4 Å². The number of benzene rings is 3. The van der Waals surface area contributed by atoms with Gasteiger partial charge in [-0.2, -0.15) is 0 Å². The number of methoxy groups -OCH3 is 1. The number of sulfonamides is 1. The van der Waals surface area contributed by atoms with Crippen molar-refractivity contribution in [1.82, 2.24) is 4.47 Å². The first-order valence-electron chi connectivity index (χ1n) is 12.4. The molecular formula is C29H28BrN3O7S. The third kappa shape index (κ3) is 5.96. The van der Waals surface area contributed by atoms with E-state index >= 15 is 0 Å². The van der Waals surface area contributed by atoms with Gasteiger partial charge in [0, 0.05) is 30.6 Å². The SMILES string of the molecule is COC(=O)c1cc2c(cc1C)/C(=C(/Nc1ccc(S(=O)(=O)N(C)OCCBr)cc1)c1ccccc1)C(=O)N2C(C)=O. The van der Waals surface area contributed by atoms with Crippen LogP contribution in [0.25, 0.3) is 11.3 Å². The number of hydrogen-bond acceptors (Lipinski definition) is 8. The zero-order chi connectivity index (χ0) is 29.9. The van der Waals surface area contributed by atoms with E-state index in [1.165, 1.54) is 39.3 Å². The van der Waals surface area contributed by atoms with E-state index in [9.17, 15) is 22.8 Å². The van der Waals surface area contributed by atoms with Gasteiger partial charge in [0.2, 0.25) is 5.91 Å². The number of nitrogens with zero attached hydrogens (tertiary/aromatic N) is 2. The highest BCUT2D eigenvalue weighted by Crippen LogP contribution is 2.43. The molecule has 10 nitrogen and oxygen atoms in total. The zero-order valence-electron chi connectivity index (χ0n) is 22.8. The highest BCUT2D eigenvalue weighted by atomic mass is 79.9. The summed E-state index contributed by atoms with van der Waals surface area (Å²) in [6.07, 6.45) is 0. The second-order valence-corrected chi connectivity index (χ2v) is 11.8. The molecule has 0 bridgehead atoms. The van der Waals surface area contributed by atoms with E-state index in [1.807, 2.05) is 30.3 Å². The summed E-state index contributed by atoms with van der Waals surface area (Å²) in [7, 11) is -1.31. The molecule has 0 saturated heterocycles. The number of alkyl halides is 1. The van der Waals surface area contributed by atoms with E-state index in [2.05, 4.69) is 21.2 Å². The number of amides is 2. The number of hydrogen-bond donors (Lipinski definition) is 1. The van der Waals surface area contributed by atoms with E-state index in [1.54, 1.807) is 25.1 Å². The number of imide groups is 1. The Bertz CT molecular complexity index is 1640. The lowest BCUT2D eigenvalue weighted by Crippen LogP contribution is -2.31. The molecule has 1 heterocycles. The van der Waals surface area contributed by atoms with Crippen molar-refractivity contribution >= 4 is 66.4 Å².